The Morgan fingerprint density at radius 1 is 1.14 bits per heavy atom. The SMILES string of the molecule is C=C1CCCCN1c1ccc(F)cc1. The van der Waals surface area contributed by atoms with Crippen LogP contribution in [0.15, 0.2) is 36.5 Å². The van der Waals surface area contributed by atoms with E-state index in [2.05, 4.69) is 11.5 Å². The molecular weight excluding hydrogens is 177 g/mol. The van der Waals surface area contributed by atoms with E-state index >= 15 is 0 Å². The molecule has 0 unspecified atom stereocenters. The van der Waals surface area contributed by atoms with Crippen molar-refractivity contribution in [3.8, 4) is 0 Å². The van der Waals surface area contributed by atoms with Crippen molar-refractivity contribution in [3.05, 3.63) is 42.4 Å². The van der Waals surface area contributed by atoms with Crippen molar-refractivity contribution in [1.29, 1.82) is 0 Å². The van der Waals surface area contributed by atoms with E-state index in [-0.39, 0.29) is 5.82 Å². The minimum absolute atomic E-state index is 0.184. The monoisotopic (exact) mass is 191 g/mol. The number of hydrogen-bond donors (Lipinski definition) is 0. The van der Waals surface area contributed by atoms with E-state index in [0.29, 0.717) is 0 Å². The lowest BCUT2D eigenvalue weighted by Crippen LogP contribution is -2.26. The first kappa shape index (κ1) is 9.25. The summed E-state index contributed by atoms with van der Waals surface area (Å²) in [4.78, 5) is 2.17. The van der Waals surface area contributed by atoms with E-state index < -0.39 is 0 Å². The molecule has 1 nitrogen and oxygen atoms in total. The van der Waals surface area contributed by atoms with Crippen LogP contribution in [-0.4, -0.2) is 6.54 Å². The second-order valence-electron chi connectivity index (χ2n) is 3.65. The number of anilines is 1. The Hall–Kier alpha value is -1.31. The molecule has 1 fully saturated rings. The van der Waals surface area contributed by atoms with Crippen molar-refractivity contribution in [2.24, 2.45) is 0 Å². The molecule has 1 heterocycles. The maximum absolute atomic E-state index is 12.7. The van der Waals surface area contributed by atoms with Gasteiger partial charge in [-0.2, -0.15) is 0 Å². The second kappa shape index (κ2) is 3.82. The summed E-state index contributed by atoms with van der Waals surface area (Å²) in [5.41, 5.74) is 2.19. The summed E-state index contributed by atoms with van der Waals surface area (Å²) in [7, 11) is 0. The van der Waals surface area contributed by atoms with Gasteiger partial charge in [-0.3, -0.25) is 0 Å². The summed E-state index contributed by atoms with van der Waals surface area (Å²) in [5.74, 6) is -0.184. The lowest BCUT2D eigenvalue weighted by Gasteiger charge is -2.30. The zero-order chi connectivity index (χ0) is 9.97. The number of benzene rings is 1. The standard InChI is InChI=1S/C12H14FN/c1-10-4-2-3-9-14(10)12-7-5-11(13)6-8-12/h5-8H,1-4,9H2. The van der Waals surface area contributed by atoms with Gasteiger partial charge in [-0.1, -0.05) is 6.58 Å². The Labute approximate surface area is 83.9 Å². The van der Waals surface area contributed by atoms with Crippen LogP contribution in [0.5, 0.6) is 0 Å². The normalized spacial score (nSPS) is 17.2. The Bertz CT molecular complexity index is 329. The van der Waals surface area contributed by atoms with E-state index in [4.69, 9.17) is 0 Å². The Morgan fingerprint density at radius 2 is 1.86 bits per heavy atom. The molecular formula is C12H14FN. The maximum Gasteiger partial charge on any atom is 0.123 e. The highest BCUT2D eigenvalue weighted by Crippen LogP contribution is 2.25. The summed E-state index contributed by atoms with van der Waals surface area (Å²) in [5, 5.41) is 0. The molecule has 14 heavy (non-hydrogen) atoms. The molecule has 0 radical (unpaired) electrons. The maximum atomic E-state index is 12.7. The number of allylic oxidation sites excluding steroid dienone is 1. The van der Waals surface area contributed by atoms with Crippen LogP contribution in [0.3, 0.4) is 0 Å². The van der Waals surface area contributed by atoms with Crippen molar-refractivity contribution in [3.63, 3.8) is 0 Å². The fourth-order valence-corrected chi connectivity index (χ4v) is 1.82. The van der Waals surface area contributed by atoms with Crippen LogP contribution >= 0.6 is 0 Å². The van der Waals surface area contributed by atoms with Crippen LogP contribution in [0, 0.1) is 5.82 Å². The quantitative estimate of drug-likeness (QED) is 0.658. The number of nitrogens with zero attached hydrogens (tertiary/aromatic N) is 1. The molecule has 0 aromatic heterocycles. The molecule has 0 spiro atoms. The van der Waals surface area contributed by atoms with E-state index in [1.54, 1.807) is 0 Å². The largest absolute Gasteiger partial charge is 0.346 e. The topological polar surface area (TPSA) is 3.24 Å². The van der Waals surface area contributed by atoms with E-state index in [1.807, 2.05) is 12.1 Å². The molecule has 0 saturated carbocycles. The molecule has 0 bridgehead atoms. The lowest BCUT2D eigenvalue weighted by molar-refractivity contribution is 0.624. The molecule has 0 N–H and O–H groups in total. The summed E-state index contributed by atoms with van der Waals surface area (Å²) in [6, 6.07) is 6.62. The second-order valence-corrected chi connectivity index (χ2v) is 3.65. The predicted octanol–water partition coefficient (Wildman–Crippen LogP) is 3.33. The first-order chi connectivity index (χ1) is 6.77. The van der Waals surface area contributed by atoms with Gasteiger partial charge in [-0.25, -0.2) is 4.39 Å². The van der Waals surface area contributed by atoms with Gasteiger partial charge >= 0.3 is 0 Å². The Balaban J connectivity index is 2.20. The summed E-state index contributed by atoms with van der Waals surface area (Å²) in [6.45, 7) is 5.03. The van der Waals surface area contributed by atoms with Crippen LogP contribution < -0.4 is 4.90 Å². The van der Waals surface area contributed by atoms with E-state index in [1.165, 1.54) is 25.0 Å². The minimum atomic E-state index is -0.184. The fraction of sp³-hybridized carbons (Fsp3) is 0.333. The molecule has 1 aliphatic heterocycles. The molecule has 0 amide bonds. The van der Waals surface area contributed by atoms with Crippen LogP contribution in [0.1, 0.15) is 19.3 Å². The van der Waals surface area contributed by atoms with Crippen LogP contribution in [0.2, 0.25) is 0 Å². The van der Waals surface area contributed by atoms with Gasteiger partial charge < -0.3 is 4.90 Å². The third kappa shape index (κ3) is 1.79. The van der Waals surface area contributed by atoms with Crippen LogP contribution in [0.25, 0.3) is 0 Å². The van der Waals surface area contributed by atoms with Crippen molar-refractivity contribution < 1.29 is 4.39 Å². The van der Waals surface area contributed by atoms with Crippen molar-refractivity contribution in [1.82, 2.24) is 0 Å². The van der Waals surface area contributed by atoms with Gasteiger partial charge in [0.1, 0.15) is 5.82 Å². The Morgan fingerprint density at radius 3 is 2.50 bits per heavy atom. The van der Waals surface area contributed by atoms with Gasteiger partial charge in [0.15, 0.2) is 0 Å². The number of piperidine rings is 1. The van der Waals surface area contributed by atoms with E-state index in [9.17, 15) is 4.39 Å². The first-order valence-electron chi connectivity index (χ1n) is 4.98. The van der Waals surface area contributed by atoms with Gasteiger partial charge in [0.2, 0.25) is 0 Å². The molecule has 0 atom stereocenters. The highest BCUT2D eigenvalue weighted by Gasteiger charge is 2.14. The smallest absolute Gasteiger partial charge is 0.123 e. The molecule has 2 heteroatoms. The highest BCUT2D eigenvalue weighted by atomic mass is 19.1. The number of rotatable bonds is 1. The molecule has 74 valence electrons. The van der Waals surface area contributed by atoms with E-state index in [0.717, 1.165) is 24.4 Å². The summed E-state index contributed by atoms with van der Waals surface area (Å²) in [6.07, 6.45) is 3.46. The average Bonchev–Trinajstić information content (AvgIpc) is 2.20. The van der Waals surface area contributed by atoms with Gasteiger partial charge in [0.25, 0.3) is 0 Å². The summed E-state index contributed by atoms with van der Waals surface area (Å²) >= 11 is 0. The molecule has 1 aliphatic rings. The van der Waals surface area contributed by atoms with Crippen molar-refractivity contribution in [2.75, 3.05) is 11.4 Å². The van der Waals surface area contributed by atoms with Gasteiger partial charge in [-0.05, 0) is 43.5 Å². The van der Waals surface area contributed by atoms with Crippen molar-refractivity contribution >= 4 is 5.69 Å². The van der Waals surface area contributed by atoms with Gasteiger partial charge in [0.05, 0.1) is 0 Å². The fourth-order valence-electron chi connectivity index (χ4n) is 1.82. The summed E-state index contributed by atoms with van der Waals surface area (Å²) < 4.78 is 12.7. The highest BCUT2D eigenvalue weighted by molar-refractivity contribution is 5.51. The zero-order valence-electron chi connectivity index (χ0n) is 8.17. The van der Waals surface area contributed by atoms with Gasteiger partial charge in [0, 0.05) is 17.9 Å². The molecule has 1 aromatic rings. The first-order valence-corrected chi connectivity index (χ1v) is 4.98. The number of halogens is 1. The van der Waals surface area contributed by atoms with Crippen LogP contribution in [0.4, 0.5) is 10.1 Å². The third-order valence-corrected chi connectivity index (χ3v) is 2.62. The molecule has 2 rings (SSSR count). The Kier molecular flexibility index (Phi) is 2.53. The molecule has 0 aliphatic carbocycles. The average molecular weight is 191 g/mol. The van der Waals surface area contributed by atoms with Gasteiger partial charge in [-0.15, -0.1) is 0 Å². The lowest BCUT2D eigenvalue weighted by atomic mass is 10.1. The predicted molar refractivity (Wildman–Crippen MR) is 56.7 cm³/mol. The number of hydrogen-bond acceptors (Lipinski definition) is 1. The van der Waals surface area contributed by atoms with Crippen molar-refractivity contribution in [2.45, 2.75) is 19.3 Å². The minimum Gasteiger partial charge on any atom is -0.346 e. The zero-order valence-corrected chi connectivity index (χ0v) is 8.17. The van der Waals surface area contributed by atoms with Crippen LogP contribution in [-0.2, 0) is 0 Å². The third-order valence-electron chi connectivity index (χ3n) is 2.62. The molecule has 1 aromatic carbocycles. The molecule has 1 saturated heterocycles.